The molecule has 1 heterocycles. The Kier molecular flexibility index (Phi) is 5.06. The molecule has 0 bridgehead atoms. The highest BCUT2D eigenvalue weighted by Crippen LogP contribution is 2.38. The van der Waals surface area contributed by atoms with E-state index in [0.717, 1.165) is 53.3 Å². The first-order valence-corrected chi connectivity index (χ1v) is 9.45. The van der Waals surface area contributed by atoms with Crippen molar-refractivity contribution < 1.29 is 13.2 Å². The zero-order valence-corrected chi connectivity index (χ0v) is 15.1. The maximum atomic E-state index is 13.0. The molecule has 1 fully saturated rings. The second-order valence-electron chi connectivity index (χ2n) is 7.19. The molecule has 0 spiro atoms. The predicted octanol–water partition coefficient (Wildman–Crippen LogP) is 5.28. The quantitative estimate of drug-likeness (QED) is 0.627. The van der Waals surface area contributed by atoms with Gasteiger partial charge in [-0.15, -0.1) is 0 Å². The van der Waals surface area contributed by atoms with Gasteiger partial charge in [0.1, 0.15) is 0 Å². The number of fused-ring (bicyclic) bond motifs is 3. The van der Waals surface area contributed by atoms with E-state index in [4.69, 9.17) is 0 Å². The summed E-state index contributed by atoms with van der Waals surface area (Å²) in [4.78, 5) is 2.21. The number of rotatable bonds is 4. The summed E-state index contributed by atoms with van der Waals surface area (Å²) >= 11 is 0. The summed E-state index contributed by atoms with van der Waals surface area (Å²) in [5.74, 6) is 0. The average molecular weight is 372 g/mol. The van der Waals surface area contributed by atoms with Gasteiger partial charge in [-0.2, -0.15) is 13.2 Å². The SMILES string of the molecule is FC(F)(F)CC[C@H](c1cc2ccccc2c2ccccc12)N1CCNCC1. The fourth-order valence-electron chi connectivity index (χ4n) is 4.19. The van der Waals surface area contributed by atoms with Crippen molar-refractivity contribution in [3.05, 3.63) is 60.2 Å². The summed E-state index contributed by atoms with van der Waals surface area (Å²) in [5.41, 5.74) is 1.01. The molecule has 4 rings (SSSR count). The van der Waals surface area contributed by atoms with Gasteiger partial charge in [0, 0.05) is 38.6 Å². The van der Waals surface area contributed by atoms with Gasteiger partial charge in [-0.1, -0.05) is 48.5 Å². The standard InChI is InChI=1S/C22H23F3N2/c23-22(24,25)10-9-21(27-13-11-26-12-14-27)20-15-16-5-1-2-6-17(16)18-7-3-4-8-19(18)20/h1-8,15,21,26H,9-14H2/t21-/m1/s1. The van der Waals surface area contributed by atoms with Crippen LogP contribution in [0.5, 0.6) is 0 Å². The number of nitrogens with zero attached hydrogens (tertiary/aromatic N) is 1. The van der Waals surface area contributed by atoms with E-state index in [-0.39, 0.29) is 12.5 Å². The van der Waals surface area contributed by atoms with E-state index in [9.17, 15) is 13.2 Å². The highest BCUT2D eigenvalue weighted by Gasteiger charge is 2.32. The van der Waals surface area contributed by atoms with Crippen LogP contribution in [-0.2, 0) is 0 Å². The van der Waals surface area contributed by atoms with E-state index in [0.29, 0.717) is 0 Å². The van der Waals surface area contributed by atoms with Crippen molar-refractivity contribution in [2.24, 2.45) is 0 Å². The fourth-order valence-corrected chi connectivity index (χ4v) is 4.19. The normalized spacial score (nSPS) is 17.4. The molecule has 3 aromatic rings. The van der Waals surface area contributed by atoms with Crippen molar-refractivity contribution in [2.75, 3.05) is 26.2 Å². The number of nitrogens with one attached hydrogen (secondary N) is 1. The van der Waals surface area contributed by atoms with Crippen LogP contribution < -0.4 is 5.32 Å². The van der Waals surface area contributed by atoms with Gasteiger partial charge < -0.3 is 5.32 Å². The van der Waals surface area contributed by atoms with E-state index >= 15 is 0 Å². The van der Waals surface area contributed by atoms with E-state index in [1.54, 1.807) is 0 Å². The zero-order valence-electron chi connectivity index (χ0n) is 15.1. The van der Waals surface area contributed by atoms with Crippen molar-refractivity contribution in [2.45, 2.75) is 25.1 Å². The topological polar surface area (TPSA) is 15.3 Å². The molecule has 142 valence electrons. The minimum Gasteiger partial charge on any atom is -0.314 e. The monoisotopic (exact) mass is 372 g/mol. The highest BCUT2D eigenvalue weighted by molar-refractivity contribution is 6.09. The minimum absolute atomic E-state index is 0.0891. The Hall–Kier alpha value is -2.11. The van der Waals surface area contributed by atoms with E-state index in [2.05, 4.69) is 28.4 Å². The number of hydrogen-bond donors (Lipinski definition) is 1. The van der Waals surface area contributed by atoms with Crippen LogP contribution in [0.15, 0.2) is 54.6 Å². The number of piperazine rings is 1. The van der Waals surface area contributed by atoms with Gasteiger partial charge in [-0.25, -0.2) is 0 Å². The summed E-state index contributed by atoms with van der Waals surface area (Å²) in [6, 6.07) is 18.1. The van der Waals surface area contributed by atoms with Crippen molar-refractivity contribution >= 4 is 21.5 Å². The molecule has 27 heavy (non-hydrogen) atoms. The smallest absolute Gasteiger partial charge is 0.314 e. The van der Waals surface area contributed by atoms with Gasteiger partial charge in [0.2, 0.25) is 0 Å². The second kappa shape index (κ2) is 7.49. The summed E-state index contributed by atoms with van der Waals surface area (Å²) in [6.45, 7) is 3.16. The first-order valence-electron chi connectivity index (χ1n) is 9.45. The molecule has 1 aliphatic rings. The maximum absolute atomic E-state index is 13.0. The van der Waals surface area contributed by atoms with Gasteiger partial charge >= 0.3 is 6.18 Å². The van der Waals surface area contributed by atoms with Crippen LogP contribution in [0.25, 0.3) is 21.5 Å². The Balaban J connectivity index is 1.85. The van der Waals surface area contributed by atoms with E-state index in [1.165, 1.54) is 0 Å². The number of hydrogen-bond acceptors (Lipinski definition) is 2. The Bertz CT molecular complexity index is 930. The average Bonchev–Trinajstić information content (AvgIpc) is 2.68. The van der Waals surface area contributed by atoms with Crippen molar-refractivity contribution in [3.8, 4) is 0 Å². The molecule has 0 saturated carbocycles. The molecule has 0 amide bonds. The molecular weight excluding hydrogens is 349 g/mol. The van der Waals surface area contributed by atoms with Crippen molar-refractivity contribution in [1.82, 2.24) is 10.2 Å². The second-order valence-corrected chi connectivity index (χ2v) is 7.19. The van der Waals surface area contributed by atoms with Crippen LogP contribution in [0.2, 0.25) is 0 Å². The molecule has 1 atom stereocenters. The molecule has 5 heteroatoms. The van der Waals surface area contributed by atoms with Gasteiger partial charge in [-0.05, 0) is 39.6 Å². The van der Waals surface area contributed by atoms with Crippen LogP contribution in [0.1, 0.15) is 24.4 Å². The Morgan fingerprint density at radius 2 is 1.52 bits per heavy atom. The Morgan fingerprint density at radius 3 is 2.22 bits per heavy atom. The van der Waals surface area contributed by atoms with Crippen LogP contribution in [0.3, 0.4) is 0 Å². The largest absolute Gasteiger partial charge is 0.389 e. The first kappa shape index (κ1) is 18.3. The van der Waals surface area contributed by atoms with Crippen LogP contribution >= 0.6 is 0 Å². The lowest BCUT2D eigenvalue weighted by Crippen LogP contribution is -2.45. The molecule has 1 saturated heterocycles. The number of alkyl halides is 3. The third-order valence-electron chi connectivity index (χ3n) is 5.45. The lowest BCUT2D eigenvalue weighted by molar-refractivity contribution is -0.138. The minimum atomic E-state index is -4.14. The summed E-state index contributed by atoms with van der Waals surface area (Å²) in [5, 5.41) is 7.69. The van der Waals surface area contributed by atoms with Crippen molar-refractivity contribution in [1.29, 1.82) is 0 Å². The van der Waals surface area contributed by atoms with Gasteiger partial charge in [-0.3, -0.25) is 4.90 Å². The number of halogens is 3. The molecule has 1 aliphatic heterocycles. The van der Waals surface area contributed by atoms with Crippen molar-refractivity contribution in [3.63, 3.8) is 0 Å². The first-order chi connectivity index (χ1) is 13.0. The lowest BCUT2D eigenvalue weighted by atomic mass is 9.90. The highest BCUT2D eigenvalue weighted by atomic mass is 19.4. The van der Waals surface area contributed by atoms with Crippen LogP contribution in [0, 0.1) is 0 Å². The maximum Gasteiger partial charge on any atom is 0.389 e. The van der Waals surface area contributed by atoms with Gasteiger partial charge in [0.25, 0.3) is 0 Å². The van der Waals surface area contributed by atoms with E-state index in [1.807, 2.05) is 36.4 Å². The van der Waals surface area contributed by atoms with E-state index < -0.39 is 12.6 Å². The van der Waals surface area contributed by atoms with Crippen LogP contribution in [0.4, 0.5) is 13.2 Å². The predicted molar refractivity (Wildman–Crippen MR) is 104 cm³/mol. The summed E-state index contributed by atoms with van der Waals surface area (Å²) in [6.07, 6.45) is -4.81. The Labute approximate surface area is 157 Å². The molecule has 2 nitrogen and oxygen atoms in total. The molecular formula is C22H23F3N2. The molecule has 0 radical (unpaired) electrons. The number of benzene rings is 3. The van der Waals surface area contributed by atoms with Crippen LogP contribution in [-0.4, -0.2) is 37.3 Å². The zero-order chi connectivity index (χ0) is 18.9. The Morgan fingerprint density at radius 1 is 0.889 bits per heavy atom. The molecule has 1 N–H and O–H groups in total. The summed E-state index contributed by atoms with van der Waals surface area (Å²) < 4.78 is 39.1. The molecule has 0 aromatic heterocycles. The van der Waals surface area contributed by atoms with Gasteiger partial charge in [0.15, 0.2) is 0 Å². The molecule has 0 unspecified atom stereocenters. The van der Waals surface area contributed by atoms with Gasteiger partial charge in [0.05, 0.1) is 0 Å². The third kappa shape index (κ3) is 3.94. The summed E-state index contributed by atoms with van der Waals surface area (Å²) in [7, 11) is 0. The molecule has 0 aliphatic carbocycles. The molecule has 3 aromatic carbocycles. The lowest BCUT2D eigenvalue weighted by Gasteiger charge is -2.36. The third-order valence-corrected chi connectivity index (χ3v) is 5.45. The fraction of sp³-hybridized carbons (Fsp3) is 0.364.